The predicted molar refractivity (Wildman–Crippen MR) is 116 cm³/mol. The van der Waals surface area contributed by atoms with E-state index in [1.807, 2.05) is 0 Å². The Bertz CT molecular complexity index is 1320. The molecule has 0 fully saturated rings. The summed E-state index contributed by atoms with van der Waals surface area (Å²) in [5, 5.41) is 0.602. The highest BCUT2D eigenvalue weighted by molar-refractivity contribution is 9.10. The maximum absolute atomic E-state index is 13.2. The number of rotatable bonds is 4. The second-order valence-electron chi connectivity index (χ2n) is 6.41. The van der Waals surface area contributed by atoms with Crippen LogP contribution in [0, 0.1) is 6.92 Å². The van der Waals surface area contributed by atoms with Crippen LogP contribution in [0.2, 0.25) is 5.02 Å². The van der Waals surface area contributed by atoms with E-state index in [2.05, 4.69) is 15.9 Å². The lowest BCUT2D eigenvalue weighted by molar-refractivity contribution is 0.0696. The zero-order valence-electron chi connectivity index (χ0n) is 15.8. The van der Waals surface area contributed by atoms with Crippen LogP contribution in [0.1, 0.15) is 16.1 Å². The van der Waals surface area contributed by atoms with E-state index in [1.165, 1.54) is 12.1 Å². The molecule has 6 nitrogen and oxygen atoms in total. The normalized spacial score (nSPS) is 10.9. The minimum atomic E-state index is -0.833. The van der Waals surface area contributed by atoms with Gasteiger partial charge in [0.25, 0.3) is 0 Å². The molecule has 4 aromatic rings. The highest BCUT2D eigenvalue weighted by Gasteiger charge is 2.23. The Kier molecular flexibility index (Phi) is 5.40. The average Bonchev–Trinajstić information content (AvgIpc) is 3.18. The van der Waals surface area contributed by atoms with Gasteiger partial charge in [-0.1, -0.05) is 11.6 Å². The third kappa shape index (κ3) is 3.74. The molecule has 0 saturated heterocycles. The van der Waals surface area contributed by atoms with Gasteiger partial charge >= 0.3 is 5.97 Å². The number of benzene rings is 2. The number of carbonyl (C=O) groups excluding carboxylic acids is 1. The molecule has 8 heteroatoms. The van der Waals surface area contributed by atoms with Crippen molar-refractivity contribution in [1.29, 1.82) is 0 Å². The van der Waals surface area contributed by atoms with Crippen molar-refractivity contribution in [2.75, 3.05) is 7.11 Å². The molecule has 2 aromatic heterocycles. The molecule has 0 saturated carbocycles. The predicted octanol–water partition coefficient (Wildman–Crippen LogP) is 6.01. The fourth-order valence-electron chi connectivity index (χ4n) is 2.89. The Morgan fingerprint density at radius 1 is 1.07 bits per heavy atom. The number of carbonyl (C=O) groups is 1. The first-order valence-electron chi connectivity index (χ1n) is 8.76. The van der Waals surface area contributed by atoms with Crippen LogP contribution in [0.15, 0.2) is 66.8 Å². The van der Waals surface area contributed by atoms with Crippen molar-refractivity contribution in [1.82, 2.24) is 0 Å². The Balaban J connectivity index is 1.92. The summed E-state index contributed by atoms with van der Waals surface area (Å²) in [6, 6.07) is 13.0. The third-order valence-electron chi connectivity index (χ3n) is 4.45. The Labute approximate surface area is 184 Å². The van der Waals surface area contributed by atoms with Gasteiger partial charge in [-0.25, -0.2) is 4.79 Å². The van der Waals surface area contributed by atoms with E-state index in [0.29, 0.717) is 26.6 Å². The van der Waals surface area contributed by atoms with Crippen LogP contribution >= 0.6 is 27.5 Å². The van der Waals surface area contributed by atoms with Gasteiger partial charge in [0, 0.05) is 10.6 Å². The number of aryl methyl sites for hydroxylation is 1. The summed E-state index contributed by atoms with van der Waals surface area (Å²) < 4.78 is 22.2. The van der Waals surface area contributed by atoms with Crippen LogP contribution in [0.5, 0.6) is 11.5 Å². The van der Waals surface area contributed by atoms with Crippen LogP contribution in [-0.2, 0) is 0 Å². The molecule has 0 aliphatic rings. The number of furan rings is 1. The molecule has 30 heavy (non-hydrogen) atoms. The monoisotopic (exact) mass is 488 g/mol. The molecule has 0 spiro atoms. The molecule has 0 radical (unpaired) electrons. The van der Waals surface area contributed by atoms with Gasteiger partial charge in [0.05, 0.1) is 12.5 Å². The van der Waals surface area contributed by atoms with Gasteiger partial charge < -0.3 is 18.3 Å². The van der Waals surface area contributed by atoms with E-state index >= 15 is 0 Å². The van der Waals surface area contributed by atoms with E-state index in [1.54, 1.807) is 50.4 Å². The SMILES string of the molecule is COc1ccc(-c2oc3cc(C)c(Cl)cc3c(=O)c2OC(=O)c2ccc(Br)o2)cc1. The lowest BCUT2D eigenvalue weighted by Crippen LogP contribution is -2.16. The summed E-state index contributed by atoms with van der Waals surface area (Å²) in [7, 11) is 1.55. The Hall–Kier alpha value is -3.03. The average molecular weight is 490 g/mol. The number of methoxy groups -OCH3 is 1. The van der Waals surface area contributed by atoms with Crippen LogP contribution in [0.4, 0.5) is 0 Å². The van der Waals surface area contributed by atoms with Crippen molar-refractivity contribution in [3.05, 3.63) is 79.8 Å². The highest BCUT2D eigenvalue weighted by Crippen LogP contribution is 2.34. The number of esters is 1. The summed E-state index contributed by atoms with van der Waals surface area (Å²) >= 11 is 9.32. The molecule has 0 atom stereocenters. The summed E-state index contributed by atoms with van der Waals surface area (Å²) in [5.41, 5.74) is 1.08. The largest absolute Gasteiger partial charge is 0.497 e. The fourth-order valence-corrected chi connectivity index (χ4v) is 3.36. The Morgan fingerprint density at radius 2 is 1.80 bits per heavy atom. The molecule has 0 bridgehead atoms. The zero-order valence-corrected chi connectivity index (χ0v) is 18.2. The molecule has 2 aromatic carbocycles. The summed E-state index contributed by atoms with van der Waals surface area (Å²) in [5.74, 6) is -0.422. The minimum absolute atomic E-state index is 0.0657. The number of halogens is 2. The molecule has 0 N–H and O–H groups in total. The van der Waals surface area contributed by atoms with Crippen molar-refractivity contribution in [3.63, 3.8) is 0 Å². The summed E-state index contributed by atoms with van der Waals surface area (Å²) in [6.45, 7) is 1.80. The van der Waals surface area contributed by atoms with Crippen LogP contribution in [-0.4, -0.2) is 13.1 Å². The number of hydrogen-bond donors (Lipinski definition) is 0. The number of hydrogen-bond acceptors (Lipinski definition) is 6. The van der Waals surface area contributed by atoms with Gasteiger partial charge in [-0.05, 0) is 76.9 Å². The zero-order chi connectivity index (χ0) is 21.4. The second-order valence-corrected chi connectivity index (χ2v) is 7.60. The minimum Gasteiger partial charge on any atom is -0.497 e. The maximum atomic E-state index is 13.2. The maximum Gasteiger partial charge on any atom is 0.379 e. The molecule has 0 aliphatic carbocycles. The van der Waals surface area contributed by atoms with E-state index in [9.17, 15) is 9.59 Å². The van der Waals surface area contributed by atoms with E-state index < -0.39 is 11.4 Å². The smallest absolute Gasteiger partial charge is 0.379 e. The van der Waals surface area contributed by atoms with E-state index in [-0.39, 0.29) is 22.7 Å². The fraction of sp³-hybridized carbons (Fsp3) is 0.0909. The van der Waals surface area contributed by atoms with Gasteiger partial charge in [-0.15, -0.1) is 0 Å². The quantitative estimate of drug-likeness (QED) is 0.327. The van der Waals surface area contributed by atoms with Crippen LogP contribution in [0.25, 0.3) is 22.3 Å². The van der Waals surface area contributed by atoms with Crippen molar-refractivity contribution in [3.8, 4) is 22.8 Å². The standard InChI is InChI=1S/C22H14BrClO6/c1-11-9-17-14(10-15(11)24)19(25)21(30-22(26)16-7-8-18(23)28-16)20(29-17)12-3-5-13(27-2)6-4-12/h3-10H,1-2H3. The van der Waals surface area contributed by atoms with Crippen LogP contribution in [0.3, 0.4) is 0 Å². The molecule has 4 rings (SSSR count). The second kappa shape index (κ2) is 8.01. The topological polar surface area (TPSA) is 78.9 Å². The van der Waals surface area contributed by atoms with Gasteiger partial charge in [0.1, 0.15) is 11.3 Å². The first-order chi connectivity index (χ1) is 14.4. The van der Waals surface area contributed by atoms with Crippen LogP contribution < -0.4 is 14.9 Å². The van der Waals surface area contributed by atoms with E-state index in [4.69, 9.17) is 29.9 Å². The highest BCUT2D eigenvalue weighted by atomic mass is 79.9. The van der Waals surface area contributed by atoms with Gasteiger partial charge in [-0.3, -0.25) is 4.79 Å². The van der Waals surface area contributed by atoms with Crippen molar-refractivity contribution >= 4 is 44.5 Å². The lowest BCUT2D eigenvalue weighted by atomic mass is 10.1. The molecular weight excluding hydrogens is 476 g/mol. The first kappa shape index (κ1) is 20.3. The number of fused-ring (bicyclic) bond motifs is 1. The molecule has 0 aliphatic heterocycles. The lowest BCUT2D eigenvalue weighted by Gasteiger charge is -2.11. The first-order valence-corrected chi connectivity index (χ1v) is 9.93. The van der Waals surface area contributed by atoms with Crippen molar-refractivity contribution < 1.29 is 23.1 Å². The molecule has 0 amide bonds. The third-order valence-corrected chi connectivity index (χ3v) is 5.28. The summed E-state index contributed by atoms with van der Waals surface area (Å²) in [6.07, 6.45) is 0. The van der Waals surface area contributed by atoms with E-state index in [0.717, 1.165) is 5.56 Å². The Morgan fingerprint density at radius 3 is 2.43 bits per heavy atom. The van der Waals surface area contributed by atoms with Gasteiger partial charge in [0.2, 0.25) is 16.9 Å². The molecule has 2 heterocycles. The van der Waals surface area contributed by atoms with Crippen molar-refractivity contribution in [2.24, 2.45) is 0 Å². The molecule has 152 valence electrons. The van der Waals surface area contributed by atoms with Crippen molar-refractivity contribution in [2.45, 2.75) is 6.92 Å². The summed E-state index contributed by atoms with van der Waals surface area (Å²) in [4.78, 5) is 25.8. The number of ether oxygens (including phenoxy) is 2. The molecule has 0 unspecified atom stereocenters. The van der Waals surface area contributed by atoms with Gasteiger partial charge in [-0.2, -0.15) is 0 Å². The molecular formula is C22H14BrClO6. The van der Waals surface area contributed by atoms with Gasteiger partial charge in [0.15, 0.2) is 10.4 Å².